The van der Waals surface area contributed by atoms with Gasteiger partial charge in [0.25, 0.3) is 0 Å². The number of hydrogen-bond donors (Lipinski definition) is 2. The van der Waals surface area contributed by atoms with Crippen LogP contribution in [0.1, 0.15) is 13.8 Å². The lowest BCUT2D eigenvalue weighted by Crippen LogP contribution is -2.32. The van der Waals surface area contributed by atoms with Crippen molar-refractivity contribution in [1.29, 1.82) is 0 Å². The molecule has 0 aromatic heterocycles. The van der Waals surface area contributed by atoms with E-state index in [1.807, 2.05) is 19.9 Å². The first kappa shape index (κ1) is 12.7. The minimum atomic E-state index is -1.80. The van der Waals surface area contributed by atoms with Gasteiger partial charge in [0.05, 0.1) is 0 Å². The average Bonchev–Trinajstić information content (AvgIpc) is 2.16. The molecule has 1 rings (SSSR count). The summed E-state index contributed by atoms with van der Waals surface area (Å²) in [4.78, 5) is 0. The number of halogens is 1. The highest BCUT2D eigenvalue weighted by molar-refractivity contribution is 6.58. The molecule has 0 saturated carbocycles. The summed E-state index contributed by atoms with van der Waals surface area (Å²) >= 11 is 0. The first-order chi connectivity index (χ1) is 7.50. The van der Waals surface area contributed by atoms with Crippen molar-refractivity contribution in [2.24, 2.45) is 0 Å². The van der Waals surface area contributed by atoms with E-state index in [0.29, 0.717) is 12.4 Å². The topological polar surface area (TPSA) is 49.7 Å². The van der Waals surface area contributed by atoms with E-state index >= 15 is 0 Å². The molecule has 5 heteroatoms. The van der Waals surface area contributed by atoms with E-state index in [1.165, 1.54) is 12.1 Å². The fourth-order valence-electron chi connectivity index (χ4n) is 1.11. The summed E-state index contributed by atoms with van der Waals surface area (Å²) in [6.45, 7) is 4.24. The standard InChI is InChI=1S/C11H14BFO3/c1-8(2)5-6-16-9-3-4-10(12(14)15)11(13)7-9/h3-5,7,14-15H,6H2,1-2H3. The Bertz CT molecular complexity index is 387. The lowest BCUT2D eigenvalue weighted by atomic mass is 9.80. The normalized spacial score (nSPS) is 9.81. The molecule has 0 bridgehead atoms. The summed E-state index contributed by atoms with van der Waals surface area (Å²) in [5.41, 5.74) is 0.956. The molecule has 0 heterocycles. The number of ether oxygens (including phenoxy) is 1. The number of allylic oxidation sites excluding steroid dienone is 1. The molecule has 0 aliphatic heterocycles. The number of hydrogen-bond acceptors (Lipinski definition) is 3. The molecule has 0 unspecified atom stereocenters. The van der Waals surface area contributed by atoms with Gasteiger partial charge >= 0.3 is 7.12 Å². The van der Waals surface area contributed by atoms with E-state index in [4.69, 9.17) is 14.8 Å². The van der Waals surface area contributed by atoms with E-state index in [1.54, 1.807) is 0 Å². The first-order valence-electron chi connectivity index (χ1n) is 4.92. The SMILES string of the molecule is CC(C)=CCOc1ccc(B(O)O)c(F)c1. The van der Waals surface area contributed by atoms with Crippen LogP contribution < -0.4 is 10.2 Å². The molecule has 0 amide bonds. The molecule has 0 spiro atoms. The molecule has 0 radical (unpaired) electrons. The van der Waals surface area contributed by atoms with Gasteiger partial charge in [-0.1, -0.05) is 11.6 Å². The van der Waals surface area contributed by atoms with E-state index in [2.05, 4.69) is 0 Å². The highest BCUT2D eigenvalue weighted by atomic mass is 19.1. The zero-order valence-electron chi connectivity index (χ0n) is 9.27. The van der Waals surface area contributed by atoms with E-state index in [-0.39, 0.29) is 5.46 Å². The van der Waals surface area contributed by atoms with Gasteiger partial charge in [0.2, 0.25) is 0 Å². The summed E-state index contributed by atoms with van der Waals surface area (Å²) in [5, 5.41) is 17.6. The van der Waals surface area contributed by atoms with Gasteiger partial charge in [0.15, 0.2) is 0 Å². The predicted molar refractivity (Wildman–Crippen MR) is 61.2 cm³/mol. The Hall–Kier alpha value is -1.33. The Labute approximate surface area is 94.3 Å². The Morgan fingerprint density at radius 3 is 2.62 bits per heavy atom. The number of benzene rings is 1. The van der Waals surface area contributed by atoms with Gasteiger partial charge in [0, 0.05) is 11.5 Å². The van der Waals surface area contributed by atoms with Gasteiger partial charge in [-0.05, 0) is 26.0 Å². The maximum Gasteiger partial charge on any atom is 0.491 e. The molecule has 2 N–H and O–H groups in total. The van der Waals surface area contributed by atoms with Crippen LogP contribution in [0.15, 0.2) is 29.8 Å². The molecule has 0 atom stereocenters. The van der Waals surface area contributed by atoms with Crippen molar-refractivity contribution in [2.45, 2.75) is 13.8 Å². The summed E-state index contributed by atoms with van der Waals surface area (Å²) in [6.07, 6.45) is 1.87. The summed E-state index contributed by atoms with van der Waals surface area (Å²) in [6, 6.07) is 3.92. The summed E-state index contributed by atoms with van der Waals surface area (Å²) < 4.78 is 18.5. The first-order valence-corrected chi connectivity index (χ1v) is 4.92. The molecule has 0 fully saturated rings. The molecule has 0 aliphatic carbocycles. The van der Waals surface area contributed by atoms with Gasteiger partial charge in [-0.2, -0.15) is 0 Å². The van der Waals surface area contributed by atoms with Gasteiger partial charge in [-0.25, -0.2) is 4.39 Å². The van der Waals surface area contributed by atoms with Crippen molar-refractivity contribution >= 4 is 12.6 Å². The minimum Gasteiger partial charge on any atom is -0.489 e. The van der Waals surface area contributed by atoms with Crippen molar-refractivity contribution in [2.75, 3.05) is 6.61 Å². The quantitative estimate of drug-likeness (QED) is 0.588. The molecular formula is C11H14BFO3. The molecule has 86 valence electrons. The van der Waals surface area contributed by atoms with Gasteiger partial charge in [-0.3, -0.25) is 0 Å². The third-order valence-electron chi connectivity index (χ3n) is 1.99. The van der Waals surface area contributed by atoms with Crippen LogP contribution in [0, 0.1) is 5.82 Å². The van der Waals surface area contributed by atoms with Gasteiger partial charge in [0.1, 0.15) is 18.2 Å². The van der Waals surface area contributed by atoms with Crippen molar-refractivity contribution in [3.63, 3.8) is 0 Å². The average molecular weight is 224 g/mol. The maximum atomic E-state index is 13.3. The molecule has 1 aromatic carbocycles. The third-order valence-corrected chi connectivity index (χ3v) is 1.99. The Morgan fingerprint density at radius 1 is 1.44 bits per heavy atom. The van der Waals surface area contributed by atoms with Crippen LogP contribution in [0.5, 0.6) is 5.75 Å². The molecular weight excluding hydrogens is 210 g/mol. The fourth-order valence-corrected chi connectivity index (χ4v) is 1.11. The van der Waals surface area contributed by atoms with Crippen molar-refractivity contribution in [1.82, 2.24) is 0 Å². The fraction of sp³-hybridized carbons (Fsp3) is 0.273. The highest BCUT2D eigenvalue weighted by Gasteiger charge is 2.16. The second-order valence-corrected chi connectivity index (χ2v) is 3.65. The van der Waals surface area contributed by atoms with Crippen LogP contribution >= 0.6 is 0 Å². The highest BCUT2D eigenvalue weighted by Crippen LogP contribution is 2.11. The Morgan fingerprint density at radius 2 is 2.12 bits per heavy atom. The van der Waals surface area contributed by atoms with Crippen LogP contribution in [0.2, 0.25) is 0 Å². The third kappa shape index (κ3) is 3.68. The summed E-state index contributed by atoms with van der Waals surface area (Å²) in [5.74, 6) is -0.330. The molecule has 1 aromatic rings. The van der Waals surface area contributed by atoms with Crippen LogP contribution in [0.4, 0.5) is 4.39 Å². The van der Waals surface area contributed by atoms with E-state index in [9.17, 15) is 4.39 Å². The second-order valence-electron chi connectivity index (χ2n) is 3.65. The lowest BCUT2D eigenvalue weighted by Gasteiger charge is -2.06. The monoisotopic (exact) mass is 224 g/mol. The molecule has 16 heavy (non-hydrogen) atoms. The van der Waals surface area contributed by atoms with Crippen molar-refractivity contribution in [3.05, 3.63) is 35.7 Å². The van der Waals surface area contributed by atoms with Crippen molar-refractivity contribution in [3.8, 4) is 5.75 Å². The predicted octanol–water partition coefficient (Wildman–Crippen LogP) is 0.851. The molecule has 3 nitrogen and oxygen atoms in total. The molecule has 0 aliphatic rings. The zero-order chi connectivity index (χ0) is 12.1. The largest absolute Gasteiger partial charge is 0.491 e. The minimum absolute atomic E-state index is 0.158. The van der Waals surface area contributed by atoms with E-state index in [0.717, 1.165) is 11.6 Å². The second kappa shape index (κ2) is 5.68. The lowest BCUT2D eigenvalue weighted by molar-refractivity contribution is 0.359. The zero-order valence-corrected chi connectivity index (χ0v) is 9.27. The number of rotatable bonds is 4. The van der Waals surface area contributed by atoms with Crippen LogP contribution in [-0.2, 0) is 0 Å². The van der Waals surface area contributed by atoms with Crippen molar-refractivity contribution < 1.29 is 19.2 Å². The van der Waals surface area contributed by atoms with Crippen LogP contribution in [0.3, 0.4) is 0 Å². The van der Waals surface area contributed by atoms with Gasteiger partial charge < -0.3 is 14.8 Å². The van der Waals surface area contributed by atoms with Crippen LogP contribution in [-0.4, -0.2) is 23.8 Å². The van der Waals surface area contributed by atoms with E-state index < -0.39 is 12.9 Å². The van der Waals surface area contributed by atoms with Gasteiger partial charge in [-0.15, -0.1) is 0 Å². The van der Waals surface area contributed by atoms with Crippen LogP contribution in [0.25, 0.3) is 0 Å². The smallest absolute Gasteiger partial charge is 0.489 e. The maximum absolute atomic E-state index is 13.3. The summed E-state index contributed by atoms with van der Waals surface area (Å²) in [7, 11) is -1.80. The Balaban J connectivity index is 2.70. The Kier molecular flexibility index (Phi) is 4.52. The molecule has 0 saturated heterocycles.